The van der Waals surface area contributed by atoms with Crippen molar-refractivity contribution in [1.82, 2.24) is 10.2 Å². The first-order valence-corrected chi connectivity index (χ1v) is 9.78. The third-order valence-electron chi connectivity index (χ3n) is 5.11. The van der Waals surface area contributed by atoms with Crippen LogP contribution in [-0.2, 0) is 9.47 Å². The lowest BCUT2D eigenvalue weighted by atomic mass is 10.1. The van der Waals surface area contributed by atoms with Crippen molar-refractivity contribution in [2.45, 2.75) is 44.1 Å². The van der Waals surface area contributed by atoms with Gasteiger partial charge < -0.3 is 24.6 Å². The van der Waals surface area contributed by atoms with Gasteiger partial charge in [-0.25, -0.2) is 0 Å². The molecule has 3 rings (SSSR count). The van der Waals surface area contributed by atoms with Crippen LogP contribution in [0.4, 0.5) is 0 Å². The van der Waals surface area contributed by atoms with Gasteiger partial charge in [-0.15, -0.1) is 0 Å². The number of rotatable bonds is 9. The van der Waals surface area contributed by atoms with Crippen LogP contribution in [0.3, 0.4) is 0 Å². The Morgan fingerprint density at radius 2 is 2.08 bits per heavy atom. The van der Waals surface area contributed by atoms with Gasteiger partial charge in [0.05, 0.1) is 12.7 Å². The number of hydrogen-bond acceptors (Lipinski definition) is 6. The van der Waals surface area contributed by atoms with Gasteiger partial charge in [0.2, 0.25) is 0 Å². The van der Waals surface area contributed by atoms with E-state index in [1.807, 2.05) is 19.2 Å². The Morgan fingerprint density at radius 1 is 1.23 bits per heavy atom. The number of nitrogens with zero attached hydrogens (tertiary/aromatic N) is 1. The number of aliphatic hydroxyl groups is 1. The summed E-state index contributed by atoms with van der Waals surface area (Å²) in [6.45, 7) is 4.51. The Kier molecular flexibility index (Phi) is 7.70. The van der Waals surface area contributed by atoms with Gasteiger partial charge in [-0.05, 0) is 50.4 Å². The molecule has 2 aliphatic heterocycles. The monoisotopic (exact) mass is 364 g/mol. The first kappa shape index (κ1) is 19.6. The molecule has 2 aliphatic rings. The highest BCUT2D eigenvalue weighted by molar-refractivity contribution is 5.29. The fourth-order valence-electron chi connectivity index (χ4n) is 3.58. The van der Waals surface area contributed by atoms with E-state index in [2.05, 4.69) is 22.3 Å². The lowest BCUT2D eigenvalue weighted by Crippen LogP contribution is -2.33. The fraction of sp³-hybridized carbons (Fsp3) is 0.700. The number of aliphatic hydroxyl groups excluding tert-OH is 1. The maximum absolute atomic E-state index is 9.68. The molecule has 2 fully saturated rings. The van der Waals surface area contributed by atoms with Crippen molar-refractivity contribution >= 4 is 0 Å². The third kappa shape index (κ3) is 5.93. The highest BCUT2D eigenvalue weighted by Gasteiger charge is 2.23. The molecule has 0 spiro atoms. The van der Waals surface area contributed by atoms with Crippen LogP contribution in [-0.4, -0.2) is 68.9 Å². The number of ether oxygens (including phenoxy) is 3. The number of hydrogen-bond donors (Lipinski definition) is 2. The number of benzene rings is 1. The minimum atomic E-state index is -0.176. The van der Waals surface area contributed by atoms with E-state index >= 15 is 0 Å². The van der Waals surface area contributed by atoms with E-state index < -0.39 is 0 Å². The maximum Gasteiger partial charge on any atom is 0.157 e. The standard InChI is InChI=1S/C20H32N2O4/c1-21-19(15-22-10-9-17(23)14-22)16-5-7-18(8-6-16)24-12-13-26-20-4-2-3-11-25-20/h5-8,17,19-21,23H,2-4,9-15H2,1H3. The molecular weight excluding hydrogens is 332 g/mol. The SMILES string of the molecule is CNC(CN1CCC(O)C1)c1ccc(OCCOC2CCCCO2)cc1. The molecule has 0 amide bonds. The molecule has 1 aromatic carbocycles. The summed E-state index contributed by atoms with van der Waals surface area (Å²) < 4.78 is 17.0. The third-order valence-corrected chi connectivity index (χ3v) is 5.11. The number of β-amino-alcohol motifs (C(OH)–C–C–N with tert-alkyl or cyclic N) is 1. The first-order chi connectivity index (χ1) is 12.7. The van der Waals surface area contributed by atoms with Crippen LogP contribution < -0.4 is 10.1 Å². The molecule has 3 unspecified atom stereocenters. The molecule has 0 radical (unpaired) electrons. The van der Waals surface area contributed by atoms with Gasteiger partial charge in [0.25, 0.3) is 0 Å². The molecule has 146 valence electrons. The van der Waals surface area contributed by atoms with E-state index in [0.717, 1.165) is 51.3 Å². The highest BCUT2D eigenvalue weighted by Crippen LogP contribution is 2.21. The first-order valence-electron chi connectivity index (χ1n) is 9.78. The molecule has 0 aromatic heterocycles. The fourth-order valence-corrected chi connectivity index (χ4v) is 3.58. The summed E-state index contributed by atoms with van der Waals surface area (Å²) in [7, 11) is 1.98. The second-order valence-electron chi connectivity index (χ2n) is 7.13. The molecule has 26 heavy (non-hydrogen) atoms. The Balaban J connectivity index is 1.40. The molecule has 6 nitrogen and oxygen atoms in total. The van der Waals surface area contributed by atoms with Crippen LogP contribution >= 0.6 is 0 Å². The summed E-state index contributed by atoms with van der Waals surface area (Å²) >= 11 is 0. The summed E-state index contributed by atoms with van der Waals surface area (Å²) in [5.41, 5.74) is 1.23. The molecule has 0 aliphatic carbocycles. The molecule has 0 saturated carbocycles. The van der Waals surface area contributed by atoms with Crippen molar-refractivity contribution in [3.63, 3.8) is 0 Å². The minimum absolute atomic E-state index is 0.0600. The van der Waals surface area contributed by atoms with Crippen LogP contribution in [0, 0.1) is 0 Å². The topological polar surface area (TPSA) is 63.2 Å². The van der Waals surface area contributed by atoms with E-state index in [1.54, 1.807) is 0 Å². The van der Waals surface area contributed by atoms with E-state index in [1.165, 1.54) is 12.0 Å². The lowest BCUT2D eigenvalue weighted by molar-refractivity contribution is -0.165. The van der Waals surface area contributed by atoms with Gasteiger partial charge in [0, 0.05) is 32.3 Å². The summed E-state index contributed by atoms with van der Waals surface area (Å²) in [6, 6.07) is 8.48. The smallest absolute Gasteiger partial charge is 0.157 e. The van der Waals surface area contributed by atoms with Crippen LogP contribution in [0.5, 0.6) is 5.75 Å². The molecule has 2 saturated heterocycles. The summed E-state index contributed by atoms with van der Waals surface area (Å²) in [5.74, 6) is 0.855. The van der Waals surface area contributed by atoms with E-state index in [-0.39, 0.29) is 18.4 Å². The van der Waals surface area contributed by atoms with Crippen molar-refractivity contribution in [2.75, 3.05) is 46.5 Å². The Bertz CT molecular complexity index is 519. The molecular formula is C20H32N2O4. The van der Waals surface area contributed by atoms with E-state index in [4.69, 9.17) is 14.2 Å². The van der Waals surface area contributed by atoms with Gasteiger partial charge in [-0.2, -0.15) is 0 Å². The number of likely N-dealkylation sites (N-methyl/N-ethyl adjacent to an activating group) is 1. The average Bonchev–Trinajstić information content (AvgIpc) is 3.10. The zero-order valence-electron chi connectivity index (χ0n) is 15.7. The average molecular weight is 364 g/mol. The Labute approximate surface area is 156 Å². The Morgan fingerprint density at radius 3 is 2.73 bits per heavy atom. The normalized spacial score (nSPS) is 25.3. The van der Waals surface area contributed by atoms with Gasteiger partial charge in [0.15, 0.2) is 6.29 Å². The van der Waals surface area contributed by atoms with E-state index in [0.29, 0.717) is 13.2 Å². The predicted octanol–water partition coefficient (Wildman–Crippen LogP) is 1.94. The molecule has 1 aromatic rings. The largest absolute Gasteiger partial charge is 0.491 e. The molecule has 2 N–H and O–H groups in total. The second kappa shape index (κ2) is 10.2. The lowest BCUT2D eigenvalue weighted by Gasteiger charge is -2.24. The molecule has 0 bridgehead atoms. The number of likely N-dealkylation sites (tertiary alicyclic amines) is 1. The molecule has 3 atom stereocenters. The van der Waals surface area contributed by atoms with Crippen molar-refractivity contribution in [2.24, 2.45) is 0 Å². The van der Waals surface area contributed by atoms with Crippen molar-refractivity contribution in [3.05, 3.63) is 29.8 Å². The number of nitrogens with one attached hydrogen (secondary N) is 1. The van der Waals surface area contributed by atoms with Crippen molar-refractivity contribution in [3.8, 4) is 5.75 Å². The highest BCUT2D eigenvalue weighted by atomic mass is 16.7. The zero-order chi connectivity index (χ0) is 18.2. The second-order valence-corrected chi connectivity index (χ2v) is 7.13. The summed E-state index contributed by atoms with van der Waals surface area (Å²) in [6.07, 6.45) is 3.93. The zero-order valence-corrected chi connectivity index (χ0v) is 15.7. The summed E-state index contributed by atoms with van der Waals surface area (Å²) in [5, 5.41) is 13.1. The van der Waals surface area contributed by atoms with Crippen LogP contribution in [0.15, 0.2) is 24.3 Å². The van der Waals surface area contributed by atoms with Crippen molar-refractivity contribution in [1.29, 1.82) is 0 Å². The van der Waals surface area contributed by atoms with Crippen LogP contribution in [0.2, 0.25) is 0 Å². The quantitative estimate of drug-likeness (QED) is 0.653. The van der Waals surface area contributed by atoms with Gasteiger partial charge in [0.1, 0.15) is 12.4 Å². The van der Waals surface area contributed by atoms with Gasteiger partial charge in [-0.1, -0.05) is 12.1 Å². The minimum Gasteiger partial charge on any atom is -0.491 e. The Hall–Kier alpha value is -1.18. The molecule has 6 heteroatoms. The van der Waals surface area contributed by atoms with Crippen LogP contribution in [0.1, 0.15) is 37.3 Å². The van der Waals surface area contributed by atoms with Crippen molar-refractivity contribution < 1.29 is 19.3 Å². The predicted molar refractivity (Wildman–Crippen MR) is 100 cm³/mol. The summed E-state index contributed by atoms with van der Waals surface area (Å²) in [4.78, 5) is 2.31. The molecule has 2 heterocycles. The van der Waals surface area contributed by atoms with Gasteiger partial charge in [-0.3, -0.25) is 4.90 Å². The van der Waals surface area contributed by atoms with E-state index in [9.17, 15) is 5.11 Å². The van der Waals surface area contributed by atoms with Gasteiger partial charge >= 0.3 is 0 Å². The maximum atomic E-state index is 9.68. The van der Waals surface area contributed by atoms with Crippen LogP contribution in [0.25, 0.3) is 0 Å².